The molecule has 0 aliphatic heterocycles. The van der Waals surface area contributed by atoms with Gasteiger partial charge < -0.3 is 11.1 Å². The van der Waals surface area contributed by atoms with Crippen LogP contribution in [0.15, 0.2) is 12.1 Å². The van der Waals surface area contributed by atoms with E-state index >= 15 is 0 Å². The van der Waals surface area contributed by atoms with Gasteiger partial charge in [0.2, 0.25) is 0 Å². The summed E-state index contributed by atoms with van der Waals surface area (Å²) in [6.45, 7) is 6.21. The van der Waals surface area contributed by atoms with Crippen molar-refractivity contribution in [3.05, 3.63) is 33.6 Å². The van der Waals surface area contributed by atoms with Gasteiger partial charge in [0, 0.05) is 12.1 Å². The predicted molar refractivity (Wildman–Crippen MR) is 80.8 cm³/mol. The van der Waals surface area contributed by atoms with Crippen molar-refractivity contribution >= 4 is 29.1 Å². The van der Waals surface area contributed by atoms with Gasteiger partial charge in [0.15, 0.2) is 0 Å². The van der Waals surface area contributed by atoms with Crippen molar-refractivity contribution in [1.29, 1.82) is 0 Å². The number of hydrogen-bond acceptors (Lipinski definition) is 2. The topological polar surface area (TPSA) is 55.1 Å². The molecule has 0 aliphatic rings. The molecule has 0 saturated carbocycles. The summed E-state index contributed by atoms with van der Waals surface area (Å²) in [5.74, 6) is -0.778. The zero-order valence-electron chi connectivity index (χ0n) is 11.8. The molecule has 6 heteroatoms. The van der Waals surface area contributed by atoms with Gasteiger partial charge in [0.05, 0.1) is 15.6 Å². The predicted octanol–water partition coefficient (Wildman–Crippen LogP) is 3.63. The van der Waals surface area contributed by atoms with Crippen LogP contribution in [0.25, 0.3) is 0 Å². The van der Waals surface area contributed by atoms with Crippen molar-refractivity contribution in [3.8, 4) is 0 Å². The molecule has 0 fully saturated rings. The molecule has 112 valence electrons. The molecule has 1 aromatic carbocycles. The Morgan fingerprint density at radius 2 is 2.00 bits per heavy atom. The summed E-state index contributed by atoms with van der Waals surface area (Å²) in [4.78, 5) is 12.2. The van der Waals surface area contributed by atoms with E-state index in [0.29, 0.717) is 12.3 Å². The molecule has 0 bridgehead atoms. The van der Waals surface area contributed by atoms with Crippen molar-refractivity contribution < 1.29 is 9.18 Å². The first-order valence-electron chi connectivity index (χ1n) is 6.35. The Morgan fingerprint density at radius 3 is 2.50 bits per heavy atom. The minimum atomic E-state index is -0.681. The van der Waals surface area contributed by atoms with Crippen LogP contribution in [0.5, 0.6) is 0 Å². The minimum Gasteiger partial charge on any atom is -0.346 e. The second-order valence-electron chi connectivity index (χ2n) is 5.56. The molecule has 1 unspecified atom stereocenters. The van der Waals surface area contributed by atoms with E-state index in [-0.39, 0.29) is 22.2 Å². The average molecular weight is 321 g/mol. The maximum atomic E-state index is 13.4. The first-order chi connectivity index (χ1) is 9.18. The molecule has 1 atom stereocenters. The third kappa shape index (κ3) is 4.33. The van der Waals surface area contributed by atoms with E-state index in [9.17, 15) is 9.18 Å². The highest BCUT2D eigenvalue weighted by atomic mass is 35.5. The molecule has 0 spiro atoms. The average Bonchev–Trinajstić information content (AvgIpc) is 2.32. The molecule has 0 heterocycles. The second-order valence-corrected chi connectivity index (χ2v) is 6.38. The maximum Gasteiger partial charge on any atom is 0.253 e. The second kappa shape index (κ2) is 6.74. The first kappa shape index (κ1) is 17.2. The lowest BCUT2D eigenvalue weighted by atomic mass is 9.90. The Bertz CT molecular complexity index is 508. The third-order valence-electron chi connectivity index (χ3n) is 2.98. The summed E-state index contributed by atoms with van der Waals surface area (Å²) in [5, 5.41) is 2.81. The third-order valence-corrected chi connectivity index (χ3v) is 3.58. The molecule has 3 N–H and O–H groups in total. The number of benzene rings is 1. The largest absolute Gasteiger partial charge is 0.346 e. The van der Waals surface area contributed by atoms with Crippen LogP contribution in [0.1, 0.15) is 37.6 Å². The number of carbonyl (C=O) groups excluding carboxylic acids is 1. The van der Waals surface area contributed by atoms with Gasteiger partial charge in [-0.25, -0.2) is 4.39 Å². The minimum absolute atomic E-state index is 0.0528. The Morgan fingerprint density at radius 1 is 1.40 bits per heavy atom. The van der Waals surface area contributed by atoms with Crippen LogP contribution in [0.2, 0.25) is 10.0 Å². The van der Waals surface area contributed by atoms with Crippen LogP contribution in [0, 0.1) is 11.7 Å². The van der Waals surface area contributed by atoms with Crippen molar-refractivity contribution in [2.75, 3.05) is 6.54 Å². The maximum absolute atomic E-state index is 13.4. The van der Waals surface area contributed by atoms with Crippen LogP contribution in [0.4, 0.5) is 4.39 Å². The molecule has 0 saturated heterocycles. The summed E-state index contributed by atoms with van der Waals surface area (Å²) in [7, 11) is 0. The normalized spacial score (nSPS) is 14.2. The van der Waals surface area contributed by atoms with Gasteiger partial charge in [0.1, 0.15) is 5.82 Å². The molecule has 1 rings (SSSR count). The number of carbonyl (C=O) groups is 1. The van der Waals surface area contributed by atoms with E-state index in [2.05, 4.69) is 5.32 Å². The lowest BCUT2D eigenvalue weighted by Gasteiger charge is -2.31. The number of nitrogens with two attached hydrogens (primary N) is 1. The Kier molecular flexibility index (Phi) is 5.80. The fourth-order valence-electron chi connectivity index (χ4n) is 2.12. The molecule has 3 nitrogen and oxygen atoms in total. The van der Waals surface area contributed by atoms with Crippen molar-refractivity contribution in [3.63, 3.8) is 0 Å². The van der Waals surface area contributed by atoms with Gasteiger partial charge in [0.25, 0.3) is 5.91 Å². The highest BCUT2D eigenvalue weighted by Crippen LogP contribution is 2.25. The van der Waals surface area contributed by atoms with Gasteiger partial charge in [-0.2, -0.15) is 0 Å². The van der Waals surface area contributed by atoms with Gasteiger partial charge in [-0.1, -0.05) is 37.0 Å². The zero-order chi connectivity index (χ0) is 15.5. The summed E-state index contributed by atoms with van der Waals surface area (Å²) in [6.07, 6.45) is 0.711. The van der Waals surface area contributed by atoms with Crippen LogP contribution in [-0.2, 0) is 0 Å². The summed E-state index contributed by atoms with van der Waals surface area (Å²) in [6, 6.07) is 2.25. The Hall–Kier alpha value is -0.840. The number of halogens is 3. The van der Waals surface area contributed by atoms with E-state index in [1.165, 1.54) is 6.07 Å². The molecular formula is C14H19Cl2FN2O. The smallest absolute Gasteiger partial charge is 0.253 e. The lowest BCUT2D eigenvalue weighted by Crippen LogP contribution is -2.52. The van der Waals surface area contributed by atoms with E-state index in [1.54, 1.807) is 0 Å². The number of amides is 1. The standard InChI is InChI=1S/C14H19Cl2FN2O/c1-8(2)6-14(3,7-18)19-13(20)9-4-12(17)11(16)5-10(9)15/h4-5,8H,6-7,18H2,1-3H3,(H,19,20). The van der Waals surface area contributed by atoms with Crippen molar-refractivity contribution in [1.82, 2.24) is 5.32 Å². The fourth-order valence-corrected chi connectivity index (χ4v) is 2.59. The molecule has 0 aliphatic carbocycles. The zero-order valence-corrected chi connectivity index (χ0v) is 13.3. The molecule has 1 aromatic rings. The lowest BCUT2D eigenvalue weighted by molar-refractivity contribution is 0.0898. The highest BCUT2D eigenvalue weighted by molar-refractivity contribution is 6.36. The van der Waals surface area contributed by atoms with Crippen molar-refractivity contribution in [2.24, 2.45) is 11.7 Å². The number of rotatable bonds is 5. The van der Waals surface area contributed by atoms with Gasteiger partial charge >= 0.3 is 0 Å². The first-order valence-corrected chi connectivity index (χ1v) is 7.11. The summed E-state index contributed by atoms with van der Waals surface area (Å²) < 4.78 is 13.4. The monoisotopic (exact) mass is 320 g/mol. The van der Waals surface area contributed by atoms with Gasteiger partial charge in [-0.15, -0.1) is 0 Å². The molecule has 20 heavy (non-hydrogen) atoms. The van der Waals surface area contributed by atoms with E-state index in [0.717, 1.165) is 6.07 Å². The highest BCUT2D eigenvalue weighted by Gasteiger charge is 2.27. The Labute approximate surface area is 128 Å². The Balaban J connectivity index is 2.98. The van der Waals surface area contributed by atoms with E-state index in [4.69, 9.17) is 28.9 Å². The summed E-state index contributed by atoms with van der Waals surface area (Å²) in [5.41, 5.74) is 5.22. The number of hydrogen-bond donors (Lipinski definition) is 2. The van der Waals surface area contributed by atoms with Crippen LogP contribution in [-0.4, -0.2) is 18.0 Å². The van der Waals surface area contributed by atoms with Crippen LogP contribution < -0.4 is 11.1 Å². The van der Waals surface area contributed by atoms with Gasteiger partial charge in [-0.05, 0) is 31.4 Å². The van der Waals surface area contributed by atoms with E-state index in [1.807, 2.05) is 20.8 Å². The van der Waals surface area contributed by atoms with Crippen LogP contribution >= 0.6 is 23.2 Å². The molecular weight excluding hydrogens is 302 g/mol. The molecule has 0 aromatic heterocycles. The quantitative estimate of drug-likeness (QED) is 0.814. The number of nitrogens with one attached hydrogen (secondary N) is 1. The van der Waals surface area contributed by atoms with E-state index < -0.39 is 17.3 Å². The van der Waals surface area contributed by atoms with Gasteiger partial charge in [-0.3, -0.25) is 4.79 Å². The SMILES string of the molecule is CC(C)CC(C)(CN)NC(=O)c1cc(F)c(Cl)cc1Cl. The fraction of sp³-hybridized carbons (Fsp3) is 0.500. The molecule has 0 radical (unpaired) electrons. The molecule has 1 amide bonds. The van der Waals surface area contributed by atoms with Crippen molar-refractivity contribution in [2.45, 2.75) is 32.7 Å². The van der Waals surface area contributed by atoms with Crippen LogP contribution in [0.3, 0.4) is 0 Å². The summed E-state index contributed by atoms with van der Waals surface area (Å²) >= 11 is 11.5.